The molecule has 28 heavy (non-hydrogen) atoms. The molecule has 0 spiro atoms. The Bertz CT molecular complexity index is 812. The molecule has 0 radical (unpaired) electrons. The van der Waals surface area contributed by atoms with Crippen molar-refractivity contribution in [3.63, 3.8) is 0 Å². The first-order valence-corrected chi connectivity index (χ1v) is 16.6. The third-order valence-corrected chi connectivity index (χ3v) is 23.6. The van der Waals surface area contributed by atoms with E-state index in [-0.39, 0.29) is 0 Å². The van der Waals surface area contributed by atoms with Gasteiger partial charge in [0, 0.05) is 0 Å². The first-order valence-electron chi connectivity index (χ1n) is 10.6. The van der Waals surface area contributed by atoms with Gasteiger partial charge in [-0.15, -0.1) is 0 Å². The summed E-state index contributed by atoms with van der Waals surface area (Å²) in [4.78, 5) is 0. The van der Waals surface area contributed by atoms with Crippen LogP contribution >= 0.6 is 0 Å². The normalized spacial score (nSPS) is 26.5. The molecule has 2 heteroatoms. The molecule has 1 nitrogen and oxygen atoms in total. The first kappa shape index (κ1) is 18.4. The van der Waals surface area contributed by atoms with E-state index in [4.69, 9.17) is 0 Å². The molecule has 0 saturated heterocycles. The SMILES string of the molecule is OC[C@@H]1[C@@H]2CC[C@@H](C2)[C@H]1[Sn]([c]1ccccc1)([c]1ccccc1)[c]1ccccc1. The third kappa shape index (κ3) is 2.78. The second kappa shape index (κ2) is 7.68. The Morgan fingerprint density at radius 3 is 1.50 bits per heavy atom. The number of aliphatic hydroxyl groups is 1. The first-order chi connectivity index (χ1) is 13.9. The molecule has 0 aliphatic heterocycles. The molecule has 5 rings (SSSR count). The average molecular weight is 475 g/mol. The summed E-state index contributed by atoms with van der Waals surface area (Å²) in [6.45, 7) is 0.344. The van der Waals surface area contributed by atoms with Crippen LogP contribution in [-0.4, -0.2) is 30.1 Å². The van der Waals surface area contributed by atoms with Crippen LogP contribution < -0.4 is 10.7 Å². The fourth-order valence-corrected chi connectivity index (χ4v) is 24.6. The Kier molecular flexibility index (Phi) is 5.06. The maximum absolute atomic E-state index is 10.5. The molecule has 3 aromatic carbocycles. The van der Waals surface area contributed by atoms with Crippen LogP contribution in [0.25, 0.3) is 0 Å². The standard InChI is InChI=1S/C8H13O.3C6H5.Sn/c9-5-8-4-6-1-2-7(8)3-6;3*1-2-4-6-5-3-1;/h4,6-9H,1-3,5H2;3*1-5H;/t6-,7+,8+;;;;/m0..../s1. The zero-order valence-electron chi connectivity index (χ0n) is 16.2. The van der Waals surface area contributed by atoms with E-state index in [0.717, 1.165) is 5.92 Å². The monoisotopic (exact) mass is 476 g/mol. The number of hydrogen-bond donors (Lipinski definition) is 1. The summed E-state index contributed by atoms with van der Waals surface area (Å²) in [5.74, 6) is 1.93. The summed E-state index contributed by atoms with van der Waals surface area (Å²) in [6, 6.07) is 34.0. The second-order valence-electron chi connectivity index (χ2n) is 8.61. The minimum atomic E-state index is -3.34. The van der Waals surface area contributed by atoms with Gasteiger partial charge < -0.3 is 0 Å². The Labute approximate surface area is 172 Å². The number of rotatable bonds is 5. The summed E-state index contributed by atoms with van der Waals surface area (Å²) in [5, 5.41) is 10.5. The summed E-state index contributed by atoms with van der Waals surface area (Å²) >= 11 is -3.34. The topological polar surface area (TPSA) is 20.2 Å². The third-order valence-electron chi connectivity index (χ3n) is 7.49. The molecule has 3 aromatic rings. The summed E-state index contributed by atoms with van der Waals surface area (Å²) in [7, 11) is 0. The van der Waals surface area contributed by atoms with Crippen molar-refractivity contribution < 1.29 is 5.11 Å². The zero-order chi connectivity index (χ0) is 19.0. The van der Waals surface area contributed by atoms with Gasteiger partial charge in [-0.1, -0.05) is 0 Å². The molecule has 142 valence electrons. The van der Waals surface area contributed by atoms with E-state index in [2.05, 4.69) is 91.0 Å². The van der Waals surface area contributed by atoms with Crippen LogP contribution in [-0.2, 0) is 0 Å². The predicted molar refractivity (Wildman–Crippen MR) is 119 cm³/mol. The van der Waals surface area contributed by atoms with Gasteiger partial charge in [0.1, 0.15) is 0 Å². The van der Waals surface area contributed by atoms with Crippen molar-refractivity contribution in [3.05, 3.63) is 91.0 Å². The van der Waals surface area contributed by atoms with Gasteiger partial charge in [0.05, 0.1) is 0 Å². The van der Waals surface area contributed by atoms with Crippen molar-refractivity contribution in [2.75, 3.05) is 6.61 Å². The van der Waals surface area contributed by atoms with Gasteiger partial charge in [-0.25, -0.2) is 0 Å². The van der Waals surface area contributed by atoms with E-state index in [0.29, 0.717) is 22.4 Å². The molecule has 0 heterocycles. The van der Waals surface area contributed by atoms with Crippen molar-refractivity contribution in [1.29, 1.82) is 0 Å². The molecule has 2 aliphatic carbocycles. The summed E-state index contributed by atoms with van der Waals surface area (Å²) in [6.07, 6.45) is 3.98. The van der Waals surface area contributed by atoms with E-state index in [1.54, 1.807) is 10.7 Å². The molecule has 1 N–H and O–H groups in total. The van der Waals surface area contributed by atoms with E-state index < -0.39 is 18.4 Å². The Morgan fingerprint density at radius 2 is 1.07 bits per heavy atom. The fourth-order valence-electron chi connectivity index (χ4n) is 6.53. The average Bonchev–Trinajstić information content (AvgIpc) is 3.39. The molecule has 0 unspecified atom stereocenters. The van der Waals surface area contributed by atoms with Crippen LogP contribution in [0.3, 0.4) is 0 Å². The van der Waals surface area contributed by atoms with Gasteiger partial charge in [0.15, 0.2) is 0 Å². The van der Waals surface area contributed by atoms with Gasteiger partial charge in [-0.05, 0) is 0 Å². The van der Waals surface area contributed by atoms with Crippen molar-refractivity contribution in [3.8, 4) is 0 Å². The van der Waals surface area contributed by atoms with Crippen LogP contribution in [0.1, 0.15) is 19.3 Å². The number of hydrogen-bond acceptors (Lipinski definition) is 1. The van der Waals surface area contributed by atoms with E-state index >= 15 is 0 Å². The molecule has 2 bridgehead atoms. The van der Waals surface area contributed by atoms with Crippen LogP contribution in [0, 0.1) is 17.8 Å². The molecular weight excluding hydrogens is 447 g/mol. The van der Waals surface area contributed by atoms with Crippen LogP contribution in [0.5, 0.6) is 0 Å². The van der Waals surface area contributed by atoms with Crippen molar-refractivity contribution in [2.24, 2.45) is 17.8 Å². The fraction of sp³-hybridized carbons (Fsp3) is 0.308. The van der Waals surface area contributed by atoms with E-state index in [9.17, 15) is 5.11 Å². The quantitative estimate of drug-likeness (QED) is 0.560. The predicted octanol–water partition coefficient (Wildman–Crippen LogP) is 3.57. The van der Waals surface area contributed by atoms with Gasteiger partial charge >= 0.3 is 173 Å². The Hall–Kier alpha value is -1.58. The van der Waals surface area contributed by atoms with Gasteiger partial charge in [-0.3, -0.25) is 0 Å². The number of fused-ring (bicyclic) bond motifs is 2. The summed E-state index contributed by atoms with van der Waals surface area (Å²) in [5.41, 5.74) is 0. The van der Waals surface area contributed by atoms with Crippen molar-refractivity contribution in [2.45, 2.75) is 23.2 Å². The minimum absolute atomic E-state index is 0.344. The van der Waals surface area contributed by atoms with Gasteiger partial charge in [0.25, 0.3) is 0 Å². The molecule has 4 atom stereocenters. The molecule has 2 saturated carbocycles. The van der Waals surface area contributed by atoms with E-state index in [1.807, 2.05) is 0 Å². The van der Waals surface area contributed by atoms with Crippen LogP contribution in [0.4, 0.5) is 0 Å². The Balaban J connectivity index is 1.83. The maximum atomic E-state index is 10.5. The molecular formula is C26H28OSn. The zero-order valence-corrected chi connectivity index (χ0v) is 19.1. The Morgan fingerprint density at radius 1 is 0.643 bits per heavy atom. The number of aliphatic hydroxyl groups excluding tert-OH is 1. The van der Waals surface area contributed by atoms with Crippen molar-refractivity contribution >= 4 is 29.1 Å². The van der Waals surface area contributed by atoms with E-state index in [1.165, 1.54) is 19.3 Å². The molecule has 2 fully saturated rings. The van der Waals surface area contributed by atoms with Crippen LogP contribution in [0.15, 0.2) is 91.0 Å². The second-order valence-corrected chi connectivity index (χ2v) is 20.1. The van der Waals surface area contributed by atoms with Gasteiger partial charge in [0.2, 0.25) is 0 Å². The van der Waals surface area contributed by atoms with Gasteiger partial charge in [-0.2, -0.15) is 0 Å². The molecule has 0 aromatic heterocycles. The van der Waals surface area contributed by atoms with Crippen molar-refractivity contribution in [1.82, 2.24) is 0 Å². The summed E-state index contributed by atoms with van der Waals surface area (Å²) < 4.78 is 5.31. The molecule has 0 amide bonds. The number of benzene rings is 3. The van der Waals surface area contributed by atoms with Crippen LogP contribution in [0.2, 0.25) is 3.93 Å². The molecule has 2 aliphatic rings.